The van der Waals surface area contributed by atoms with Crippen molar-refractivity contribution in [2.45, 2.75) is 13.3 Å². The largest absolute Gasteiger partial charge is 0.398 e. The maximum absolute atomic E-state index is 14.0. The van der Waals surface area contributed by atoms with Gasteiger partial charge >= 0.3 is 0 Å². The van der Waals surface area contributed by atoms with Gasteiger partial charge in [0.2, 0.25) is 0 Å². The van der Waals surface area contributed by atoms with Gasteiger partial charge in [-0.15, -0.1) is 0 Å². The number of aromatic nitrogens is 1. The van der Waals surface area contributed by atoms with E-state index in [1.807, 2.05) is 25.1 Å². The zero-order valence-corrected chi connectivity index (χ0v) is 12.3. The van der Waals surface area contributed by atoms with Crippen LogP contribution in [0.2, 0.25) is 5.02 Å². The van der Waals surface area contributed by atoms with Crippen LogP contribution in [-0.2, 0) is 6.42 Å². The molecule has 0 unspecified atom stereocenters. The van der Waals surface area contributed by atoms with Crippen LogP contribution in [0, 0.1) is 12.7 Å². The van der Waals surface area contributed by atoms with Gasteiger partial charge in [-0.25, -0.2) is 4.39 Å². The molecule has 21 heavy (non-hydrogen) atoms. The fourth-order valence-electron chi connectivity index (χ4n) is 2.45. The molecule has 0 saturated carbocycles. The fraction of sp³-hybridized carbons (Fsp3) is 0.118. The van der Waals surface area contributed by atoms with Crippen molar-refractivity contribution in [3.8, 4) is 0 Å². The summed E-state index contributed by atoms with van der Waals surface area (Å²) in [5, 5.41) is 2.02. The lowest BCUT2D eigenvalue weighted by atomic mass is 10.0. The van der Waals surface area contributed by atoms with Crippen LogP contribution in [0.25, 0.3) is 10.8 Å². The maximum Gasteiger partial charge on any atom is 0.145 e. The number of hydrogen-bond donors (Lipinski definition) is 1. The van der Waals surface area contributed by atoms with Gasteiger partial charge in [-0.3, -0.25) is 4.98 Å². The molecule has 0 atom stereocenters. The number of nitrogen functional groups attached to an aromatic ring is 1. The summed E-state index contributed by atoms with van der Waals surface area (Å²) in [5.74, 6) is -0.391. The Morgan fingerprint density at radius 1 is 1.14 bits per heavy atom. The number of benzene rings is 2. The third-order valence-electron chi connectivity index (χ3n) is 3.68. The minimum atomic E-state index is -0.391. The van der Waals surface area contributed by atoms with E-state index < -0.39 is 5.82 Å². The molecule has 3 rings (SSSR count). The van der Waals surface area contributed by atoms with E-state index in [0.29, 0.717) is 12.0 Å². The number of pyridine rings is 1. The maximum atomic E-state index is 14.0. The van der Waals surface area contributed by atoms with Crippen LogP contribution in [0.15, 0.2) is 42.6 Å². The second-order valence-corrected chi connectivity index (χ2v) is 5.45. The molecule has 2 aromatic carbocycles. The number of anilines is 1. The molecule has 4 heteroatoms. The Morgan fingerprint density at radius 3 is 2.76 bits per heavy atom. The summed E-state index contributed by atoms with van der Waals surface area (Å²) in [6.07, 6.45) is 2.09. The summed E-state index contributed by atoms with van der Waals surface area (Å²) in [5.41, 5.74) is 9.19. The zero-order valence-electron chi connectivity index (χ0n) is 11.5. The number of fused-ring (bicyclic) bond motifs is 1. The number of halogens is 2. The van der Waals surface area contributed by atoms with Gasteiger partial charge in [-0.2, -0.15) is 0 Å². The highest BCUT2D eigenvalue weighted by atomic mass is 35.5. The lowest BCUT2D eigenvalue weighted by Crippen LogP contribution is -1.99. The van der Waals surface area contributed by atoms with Gasteiger partial charge in [-0.1, -0.05) is 35.9 Å². The molecular weight excluding hydrogens is 287 g/mol. The summed E-state index contributed by atoms with van der Waals surface area (Å²) < 4.78 is 14.0. The highest BCUT2D eigenvalue weighted by Gasteiger charge is 2.11. The molecular formula is C17H14ClFN2. The Balaban J connectivity index is 2.13. The molecule has 0 aliphatic carbocycles. The lowest BCUT2D eigenvalue weighted by molar-refractivity contribution is 0.614. The summed E-state index contributed by atoms with van der Waals surface area (Å²) in [6, 6.07) is 10.8. The SMILES string of the molecule is Cc1ccc2c(Cc3cccc(Cl)c3F)nccc2c1N. The second-order valence-electron chi connectivity index (χ2n) is 5.04. The first-order chi connectivity index (χ1) is 10.1. The standard InChI is InChI=1S/C17H14ClFN2/c1-10-5-6-12-13(17(10)20)7-8-21-15(12)9-11-3-2-4-14(18)16(11)19/h2-8H,9,20H2,1H3. The van der Waals surface area contributed by atoms with Gasteiger partial charge in [0.15, 0.2) is 0 Å². The average Bonchev–Trinajstić information content (AvgIpc) is 2.48. The molecule has 0 bridgehead atoms. The second kappa shape index (κ2) is 5.34. The molecule has 0 spiro atoms. The molecule has 1 heterocycles. The predicted molar refractivity (Wildman–Crippen MR) is 85.1 cm³/mol. The van der Waals surface area contributed by atoms with Crippen LogP contribution in [0.1, 0.15) is 16.8 Å². The van der Waals surface area contributed by atoms with Crippen molar-refractivity contribution in [1.82, 2.24) is 4.98 Å². The molecule has 0 fully saturated rings. The van der Waals surface area contributed by atoms with Crippen molar-refractivity contribution in [2.24, 2.45) is 0 Å². The van der Waals surface area contributed by atoms with Gasteiger partial charge in [0, 0.05) is 29.1 Å². The third kappa shape index (κ3) is 2.45. The number of rotatable bonds is 2. The Bertz CT molecular complexity index is 830. The Morgan fingerprint density at radius 2 is 1.95 bits per heavy atom. The van der Waals surface area contributed by atoms with Crippen LogP contribution >= 0.6 is 11.6 Å². The van der Waals surface area contributed by atoms with E-state index in [1.165, 1.54) is 6.07 Å². The van der Waals surface area contributed by atoms with Gasteiger partial charge in [-0.05, 0) is 30.2 Å². The summed E-state index contributed by atoms with van der Waals surface area (Å²) >= 11 is 5.83. The van der Waals surface area contributed by atoms with Crippen molar-refractivity contribution in [1.29, 1.82) is 0 Å². The monoisotopic (exact) mass is 300 g/mol. The number of hydrogen-bond acceptors (Lipinski definition) is 2. The topological polar surface area (TPSA) is 38.9 Å². The zero-order chi connectivity index (χ0) is 15.0. The first-order valence-electron chi connectivity index (χ1n) is 6.63. The van der Waals surface area contributed by atoms with E-state index in [-0.39, 0.29) is 5.02 Å². The van der Waals surface area contributed by atoms with Crippen molar-refractivity contribution in [3.05, 3.63) is 70.3 Å². The minimum absolute atomic E-state index is 0.128. The summed E-state index contributed by atoms with van der Waals surface area (Å²) in [4.78, 5) is 4.38. The first-order valence-corrected chi connectivity index (χ1v) is 7.01. The Labute approximate surface area is 127 Å². The smallest absolute Gasteiger partial charge is 0.145 e. The minimum Gasteiger partial charge on any atom is -0.398 e. The van der Waals surface area contributed by atoms with Gasteiger partial charge in [0.25, 0.3) is 0 Å². The number of nitrogens with two attached hydrogens (primary N) is 1. The molecule has 2 nitrogen and oxygen atoms in total. The highest BCUT2D eigenvalue weighted by molar-refractivity contribution is 6.30. The van der Waals surface area contributed by atoms with E-state index in [9.17, 15) is 4.39 Å². The van der Waals surface area contributed by atoms with Crippen LogP contribution in [-0.4, -0.2) is 4.98 Å². The van der Waals surface area contributed by atoms with Gasteiger partial charge in [0.1, 0.15) is 5.82 Å². The lowest BCUT2D eigenvalue weighted by Gasteiger charge is -2.10. The summed E-state index contributed by atoms with van der Waals surface area (Å²) in [7, 11) is 0. The normalized spacial score (nSPS) is 11.0. The molecule has 0 radical (unpaired) electrons. The van der Waals surface area contributed by atoms with Crippen molar-refractivity contribution in [3.63, 3.8) is 0 Å². The molecule has 0 aliphatic heterocycles. The first kappa shape index (κ1) is 13.8. The fourth-order valence-corrected chi connectivity index (χ4v) is 2.65. The van der Waals surface area contributed by atoms with Gasteiger partial charge < -0.3 is 5.73 Å². The van der Waals surface area contributed by atoms with Crippen LogP contribution in [0.4, 0.5) is 10.1 Å². The van der Waals surface area contributed by atoms with E-state index in [1.54, 1.807) is 18.3 Å². The number of nitrogens with zero attached hydrogens (tertiary/aromatic N) is 1. The molecule has 2 N–H and O–H groups in total. The Hall–Kier alpha value is -2.13. The van der Waals surface area contributed by atoms with E-state index in [4.69, 9.17) is 17.3 Å². The molecule has 0 amide bonds. The van der Waals surface area contributed by atoms with E-state index >= 15 is 0 Å². The van der Waals surface area contributed by atoms with Crippen molar-refractivity contribution < 1.29 is 4.39 Å². The molecule has 0 saturated heterocycles. The highest BCUT2D eigenvalue weighted by Crippen LogP contribution is 2.28. The third-order valence-corrected chi connectivity index (χ3v) is 3.97. The molecule has 3 aromatic rings. The van der Waals surface area contributed by atoms with Crippen molar-refractivity contribution >= 4 is 28.1 Å². The predicted octanol–water partition coefficient (Wildman–Crippen LogP) is 4.51. The molecule has 0 aliphatic rings. The van der Waals surface area contributed by atoms with E-state index in [2.05, 4.69) is 4.98 Å². The van der Waals surface area contributed by atoms with Crippen molar-refractivity contribution in [2.75, 3.05) is 5.73 Å². The quantitative estimate of drug-likeness (QED) is 0.707. The number of aryl methyl sites for hydroxylation is 1. The van der Waals surface area contributed by atoms with Crippen LogP contribution in [0.3, 0.4) is 0 Å². The van der Waals surface area contributed by atoms with Gasteiger partial charge in [0.05, 0.1) is 10.7 Å². The van der Waals surface area contributed by atoms with Crippen LogP contribution in [0.5, 0.6) is 0 Å². The molecule has 106 valence electrons. The summed E-state index contributed by atoms with van der Waals surface area (Å²) in [6.45, 7) is 1.96. The average molecular weight is 301 g/mol. The Kier molecular flexibility index (Phi) is 3.52. The molecule has 1 aromatic heterocycles. The van der Waals surface area contributed by atoms with E-state index in [0.717, 1.165) is 27.7 Å². The van der Waals surface area contributed by atoms with Crippen LogP contribution < -0.4 is 5.73 Å².